The number of hydrogen-bond acceptors (Lipinski definition) is 2. The van der Waals surface area contributed by atoms with Crippen molar-refractivity contribution in [3.8, 4) is 5.75 Å². The predicted octanol–water partition coefficient (Wildman–Crippen LogP) is 6.20. The van der Waals surface area contributed by atoms with Crippen LogP contribution >= 0.6 is 34.8 Å². The number of carbonyl (C=O) groups excluding carboxylic acids is 1. The summed E-state index contributed by atoms with van der Waals surface area (Å²) >= 11 is 18.3. The number of aromatic hydroxyl groups is 1. The molecule has 0 heterocycles. The highest BCUT2D eigenvalue weighted by Gasteiger charge is 2.18. The summed E-state index contributed by atoms with van der Waals surface area (Å²) in [4.78, 5) is 12.6. The van der Waals surface area contributed by atoms with Crippen LogP contribution in [0.15, 0.2) is 60.7 Å². The second-order valence-corrected chi connectivity index (χ2v) is 6.93. The van der Waals surface area contributed by atoms with Crippen molar-refractivity contribution in [1.29, 1.82) is 0 Å². The molecule has 1 amide bonds. The van der Waals surface area contributed by atoms with E-state index in [0.29, 0.717) is 27.1 Å². The Balaban J connectivity index is 1.93. The summed E-state index contributed by atoms with van der Waals surface area (Å²) in [5.74, 6) is -0.673. The molecule has 26 heavy (non-hydrogen) atoms. The first kappa shape index (κ1) is 18.6. The minimum absolute atomic E-state index is 0.0550. The first-order valence-corrected chi connectivity index (χ1v) is 8.90. The van der Waals surface area contributed by atoms with Crippen LogP contribution in [0, 0.1) is 0 Å². The molecule has 0 unspecified atom stereocenters. The smallest absolute Gasteiger partial charge is 0.259 e. The lowest BCUT2D eigenvalue weighted by atomic mass is 10.0. The van der Waals surface area contributed by atoms with Crippen LogP contribution in [-0.2, 0) is 6.42 Å². The Bertz CT molecular complexity index is 939. The van der Waals surface area contributed by atoms with Crippen LogP contribution in [0.25, 0.3) is 0 Å². The summed E-state index contributed by atoms with van der Waals surface area (Å²) in [6, 6.07) is 17.5. The molecule has 0 aliphatic carbocycles. The highest BCUT2D eigenvalue weighted by Crippen LogP contribution is 2.33. The van der Waals surface area contributed by atoms with E-state index in [1.54, 1.807) is 24.3 Å². The number of phenols is 1. The molecule has 6 heteroatoms. The standard InChI is InChI=1S/C20H14Cl3NO2/c21-14-10-13(9-12-5-2-1-3-6-12)19(25)15(11-14)20(26)24-18-16(22)7-4-8-17(18)23/h1-8,10-11,25H,9H2,(H,24,26). The molecule has 0 fully saturated rings. The molecule has 0 saturated heterocycles. The summed E-state index contributed by atoms with van der Waals surface area (Å²) in [6.45, 7) is 0. The summed E-state index contributed by atoms with van der Waals surface area (Å²) < 4.78 is 0. The molecule has 3 aromatic carbocycles. The van der Waals surface area contributed by atoms with E-state index in [1.807, 2.05) is 30.3 Å². The molecule has 0 saturated carbocycles. The van der Waals surface area contributed by atoms with Crippen molar-refractivity contribution in [2.75, 3.05) is 5.32 Å². The summed E-state index contributed by atoms with van der Waals surface area (Å²) in [6.07, 6.45) is 0.445. The minimum atomic E-state index is -0.547. The van der Waals surface area contributed by atoms with Crippen LogP contribution in [0.2, 0.25) is 15.1 Å². The van der Waals surface area contributed by atoms with Gasteiger partial charge in [-0.3, -0.25) is 4.79 Å². The zero-order chi connectivity index (χ0) is 18.7. The third-order valence-corrected chi connectivity index (χ3v) is 4.69. The molecule has 132 valence electrons. The Morgan fingerprint density at radius 2 is 1.58 bits per heavy atom. The third kappa shape index (κ3) is 4.13. The Morgan fingerprint density at radius 1 is 0.923 bits per heavy atom. The van der Waals surface area contributed by atoms with Gasteiger partial charge in [0.15, 0.2) is 0 Å². The van der Waals surface area contributed by atoms with Gasteiger partial charge in [0.1, 0.15) is 5.75 Å². The van der Waals surface area contributed by atoms with E-state index in [1.165, 1.54) is 6.07 Å². The largest absolute Gasteiger partial charge is 0.507 e. The van der Waals surface area contributed by atoms with Crippen LogP contribution in [0.1, 0.15) is 21.5 Å². The van der Waals surface area contributed by atoms with Gasteiger partial charge in [0.2, 0.25) is 0 Å². The molecule has 0 atom stereocenters. The molecule has 0 aromatic heterocycles. The summed E-state index contributed by atoms with van der Waals surface area (Å²) in [5, 5.41) is 14.2. The average molecular weight is 407 g/mol. The van der Waals surface area contributed by atoms with Gasteiger partial charge in [0.25, 0.3) is 5.91 Å². The van der Waals surface area contributed by atoms with E-state index in [4.69, 9.17) is 34.8 Å². The number of phenolic OH excluding ortho intramolecular Hbond substituents is 1. The molecular weight excluding hydrogens is 393 g/mol. The molecule has 3 nitrogen and oxygen atoms in total. The van der Waals surface area contributed by atoms with Crippen LogP contribution in [0.3, 0.4) is 0 Å². The van der Waals surface area contributed by atoms with Crippen molar-refractivity contribution in [2.45, 2.75) is 6.42 Å². The molecule has 0 radical (unpaired) electrons. The maximum Gasteiger partial charge on any atom is 0.259 e. The highest BCUT2D eigenvalue weighted by atomic mass is 35.5. The SMILES string of the molecule is O=C(Nc1c(Cl)cccc1Cl)c1cc(Cl)cc(Cc2ccccc2)c1O. The lowest BCUT2D eigenvalue weighted by Crippen LogP contribution is -2.13. The maximum absolute atomic E-state index is 12.6. The number of benzene rings is 3. The fourth-order valence-corrected chi connectivity index (χ4v) is 3.31. The van der Waals surface area contributed by atoms with E-state index in [9.17, 15) is 9.90 Å². The second kappa shape index (κ2) is 8.00. The number of hydrogen-bond donors (Lipinski definition) is 2. The van der Waals surface area contributed by atoms with Crippen molar-refractivity contribution < 1.29 is 9.90 Å². The Morgan fingerprint density at radius 3 is 2.23 bits per heavy atom. The Kier molecular flexibility index (Phi) is 5.72. The van der Waals surface area contributed by atoms with Gasteiger partial charge in [-0.15, -0.1) is 0 Å². The molecule has 0 aliphatic heterocycles. The van der Waals surface area contributed by atoms with Crippen molar-refractivity contribution in [1.82, 2.24) is 0 Å². The van der Waals surface area contributed by atoms with E-state index < -0.39 is 5.91 Å². The van der Waals surface area contributed by atoms with Gasteiger partial charge in [0, 0.05) is 17.0 Å². The molecule has 2 N–H and O–H groups in total. The fraction of sp³-hybridized carbons (Fsp3) is 0.0500. The van der Waals surface area contributed by atoms with E-state index >= 15 is 0 Å². The van der Waals surface area contributed by atoms with E-state index in [0.717, 1.165) is 5.56 Å². The van der Waals surface area contributed by atoms with Gasteiger partial charge in [-0.05, 0) is 29.8 Å². The maximum atomic E-state index is 12.6. The normalized spacial score (nSPS) is 10.6. The van der Waals surface area contributed by atoms with E-state index in [-0.39, 0.29) is 17.0 Å². The Hall–Kier alpha value is -2.20. The van der Waals surface area contributed by atoms with Gasteiger partial charge >= 0.3 is 0 Å². The lowest BCUT2D eigenvalue weighted by Gasteiger charge is -2.13. The fourth-order valence-electron chi connectivity index (χ4n) is 2.58. The number of halogens is 3. The van der Waals surface area contributed by atoms with E-state index in [2.05, 4.69) is 5.32 Å². The van der Waals surface area contributed by atoms with Crippen molar-refractivity contribution >= 4 is 46.4 Å². The Labute approximate surface area is 166 Å². The van der Waals surface area contributed by atoms with Gasteiger partial charge < -0.3 is 10.4 Å². The van der Waals surface area contributed by atoms with Crippen LogP contribution < -0.4 is 5.32 Å². The predicted molar refractivity (Wildman–Crippen MR) is 107 cm³/mol. The number of para-hydroxylation sites is 1. The van der Waals surface area contributed by atoms with Gasteiger partial charge in [-0.2, -0.15) is 0 Å². The number of anilines is 1. The average Bonchev–Trinajstić information content (AvgIpc) is 2.62. The molecule has 3 rings (SSSR count). The molecule has 3 aromatic rings. The van der Waals surface area contributed by atoms with Crippen LogP contribution in [0.5, 0.6) is 5.75 Å². The van der Waals surface area contributed by atoms with Gasteiger partial charge in [-0.25, -0.2) is 0 Å². The van der Waals surface area contributed by atoms with Gasteiger partial charge in [-0.1, -0.05) is 71.2 Å². The zero-order valence-electron chi connectivity index (χ0n) is 13.5. The monoisotopic (exact) mass is 405 g/mol. The molecule has 0 bridgehead atoms. The number of amides is 1. The second-order valence-electron chi connectivity index (χ2n) is 5.67. The number of rotatable bonds is 4. The highest BCUT2D eigenvalue weighted by molar-refractivity contribution is 6.40. The number of carbonyl (C=O) groups is 1. The molecule has 0 aliphatic rings. The van der Waals surface area contributed by atoms with Crippen molar-refractivity contribution in [2.24, 2.45) is 0 Å². The lowest BCUT2D eigenvalue weighted by molar-refractivity contribution is 0.102. The van der Waals surface area contributed by atoms with Gasteiger partial charge in [0.05, 0.1) is 21.3 Å². The molecular formula is C20H14Cl3NO2. The summed E-state index contributed by atoms with van der Waals surface area (Å²) in [7, 11) is 0. The first-order valence-electron chi connectivity index (χ1n) is 7.76. The zero-order valence-corrected chi connectivity index (χ0v) is 15.7. The van der Waals surface area contributed by atoms with Crippen LogP contribution in [-0.4, -0.2) is 11.0 Å². The van der Waals surface area contributed by atoms with Crippen LogP contribution in [0.4, 0.5) is 5.69 Å². The quantitative estimate of drug-likeness (QED) is 0.542. The van der Waals surface area contributed by atoms with Crippen molar-refractivity contribution in [3.63, 3.8) is 0 Å². The number of nitrogens with one attached hydrogen (secondary N) is 1. The summed E-state index contributed by atoms with van der Waals surface area (Å²) in [5.41, 5.74) is 1.88. The topological polar surface area (TPSA) is 49.3 Å². The van der Waals surface area contributed by atoms with Crippen molar-refractivity contribution in [3.05, 3.63) is 92.4 Å². The molecule has 0 spiro atoms. The minimum Gasteiger partial charge on any atom is -0.507 e. The first-order chi connectivity index (χ1) is 12.5. The third-order valence-electron chi connectivity index (χ3n) is 3.84.